The van der Waals surface area contributed by atoms with Crippen molar-refractivity contribution in [1.82, 2.24) is 14.7 Å². The second kappa shape index (κ2) is 62.1. The molecule has 23 heteroatoms. The summed E-state index contributed by atoms with van der Waals surface area (Å²) in [6.07, 6.45) is 3.16. The van der Waals surface area contributed by atoms with Crippen molar-refractivity contribution in [3.63, 3.8) is 0 Å². The molecule has 0 bridgehead atoms. The zero-order valence-electron chi connectivity index (χ0n) is 53.0. The highest BCUT2D eigenvalue weighted by Crippen LogP contribution is 2.34. The van der Waals surface area contributed by atoms with Gasteiger partial charge in [0.05, 0.1) is 108 Å². The molecule has 79 heavy (non-hydrogen) atoms. The maximum Gasteiger partial charge on any atom is 0.132 e. The Bertz CT molecular complexity index is 1180. The third-order valence-corrected chi connectivity index (χ3v) is 14.4. The van der Waals surface area contributed by atoms with Crippen molar-refractivity contribution in [2.75, 3.05) is 131 Å². The number of likely N-dealkylation sites (N-methyl/N-ethyl adjacent to an activating group) is 1. The molecule has 0 spiro atoms. The summed E-state index contributed by atoms with van der Waals surface area (Å²) < 4.78 is 39.7. The first kappa shape index (κ1) is 89.7. The highest BCUT2D eigenvalue weighted by atomic mass is 31.1. The standard InChI is InChI=1S/C21H46NO5P.C14H31FN2O7.C9H21NO.C8H18O.C3H8O2.CH4O/c1-7-28(8-2)16-26-14-17(3)9-10-20(6)27-15-18(4)22(11-19(5)24)12-21(25)13-23;1-10(7-22-11(2)8-23-14(16)9-24-15)17(3-12(20)5-18)4-13(21)6-19;1-5-8(3)10(6-2)7-9(4)11;1-5-8(4)9-6-7(2)3;1-3(5)2-4;1-2/h17-21,23-25H,7-16H2,1-6H3;10-14,18-21H,3-9,16H2,1-2H3;8-9,11H,5-7H2,1-4H3;7-8H,5-6H2,1-4H3;3-5H,2H2,1H3;2H,1H3. The third kappa shape index (κ3) is 63.4. The summed E-state index contributed by atoms with van der Waals surface area (Å²) in [5.41, 5.74) is 5.42. The van der Waals surface area contributed by atoms with E-state index in [4.69, 9.17) is 65.2 Å². The van der Waals surface area contributed by atoms with Crippen LogP contribution in [0.15, 0.2) is 0 Å². The predicted octanol–water partition coefficient (Wildman–Crippen LogP) is 3.63. The van der Waals surface area contributed by atoms with Gasteiger partial charge in [0.2, 0.25) is 0 Å². The van der Waals surface area contributed by atoms with Crippen molar-refractivity contribution in [2.45, 2.75) is 223 Å². The molecular weight excluding hydrogens is 1050 g/mol. The molecule has 0 fully saturated rings. The summed E-state index contributed by atoms with van der Waals surface area (Å²) in [5, 5.41) is 97.7. The van der Waals surface area contributed by atoms with Gasteiger partial charge in [-0.05, 0) is 123 Å². The van der Waals surface area contributed by atoms with Gasteiger partial charge in [-0.15, -0.1) is 0 Å². The molecule has 21 nitrogen and oxygen atoms in total. The maximum atomic E-state index is 11.6. The van der Waals surface area contributed by atoms with Crippen LogP contribution < -0.4 is 5.73 Å². The molecule has 0 saturated carbocycles. The van der Waals surface area contributed by atoms with Crippen LogP contribution in [-0.4, -0.2) is 281 Å². The van der Waals surface area contributed by atoms with Crippen LogP contribution in [0.4, 0.5) is 4.53 Å². The fourth-order valence-corrected chi connectivity index (χ4v) is 7.77. The molecule has 486 valence electrons. The normalized spacial score (nSPS) is 16.9. The first-order valence-electron chi connectivity index (χ1n) is 29.1. The van der Waals surface area contributed by atoms with Crippen LogP contribution in [-0.2, 0) is 28.6 Å². The van der Waals surface area contributed by atoms with E-state index in [1.54, 1.807) is 18.7 Å². The minimum atomic E-state index is -0.960. The Balaban J connectivity index is -0.000000233. The van der Waals surface area contributed by atoms with Crippen LogP contribution in [0, 0.1) is 11.8 Å². The highest BCUT2D eigenvalue weighted by Gasteiger charge is 2.23. The molecule has 0 aromatic heterocycles. The Labute approximate surface area is 481 Å². The van der Waals surface area contributed by atoms with Crippen LogP contribution in [0.2, 0.25) is 0 Å². The largest absolute Gasteiger partial charge is 0.400 e. The smallest absolute Gasteiger partial charge is 0.132 e. The summed E-state index contributed by atoms with van der Waals surface area (Å²) in [6, 6.07) is 0.452. The van der Waals surface area contributed by atoms with E-state index in [9.17, 15) is 25.0 Å². The van der Waals surface area contributed by atoms with Gasteiger partial charge in [-0.3, -0.25) is 14.7 Å². The molecule has 0 amide bonds. The molecule has 0 radical (unpaired) electrons. The number of halogens is 1. The molecule has 0 aliphatic carbocycles. The SMILES string of the molecule is CC(COC(N)COF)OCC(C)N(CC(O)CO)CC(O)CO.CC(O)CO.CCC(C)N(CC)CC(C)O.CCC(C)OCC(C)C.CCP(CC)COCC(C)CCC(C)OCC(C)N(CC(C)O)CC(O)CO.CO. The molecule has 0 aliphatic rings. The van der Waals surface area contributed by atoms with Crippen molar-refractivity contribution in [3.8, 4) is 0 Å². The topological polar surface area (TPSA) is 314 Å². The average molecular weight is 1180 g/mol. The molecule has 0 aliphatic heterocycles. The van der Waals surface area contributed by atoms with Crippen LogP contribution >= 0.6 is 7.92 Å². The minimum absolute atomic E-state index is 0.0547. The quantitative estimate of drug-likeness (QED) is 0.0306. The van der Waals surface area contributed by atoms with Crippen LogP contribution in [0.3, 0.4) is 0 Å². The Kier molecular flexibility index (Phi) is 70.5. The predicted molar refractivity (Wildman–Crippen MR) is 318 cm³/mol. The van der Waals surface area contributed by atoms with Crippen molar-refractivity contribution in [3.05, 3.63) is 0 Å². The summed E-state index contributed by atoms with van der Waals surface area (Å²) in [5.74, 6) is 1.19. The lowest BCUT2D eigenvalue weighted by Gasteiger charge is -2.32. The van der Waals surface area contributed by atoms with E-state index in [0.29, 0.717) is 43.7 Å². The zero-order chi connectivity index (χ0) is 62.5. The molecular formula is C56H128FN4O17P. The van der Waals surface area contributed by atoms with Crippen molar-refractivity contribution < 1.29 is 89.3 Å². The van der Waals surface area contributed by atoms with E-state index >= 15 is 0 Å². The molecule has 0 heterocycles. The van der Waals surface area contributed by atoms with E-state index in [1.807, 2.05) is 25.7 Å². The maximum absolute atomic E-state index is 11.6. The van der Waals surface area contributed by atoms with Crippen LogP contribution in [0.1, 0.15) is 143 Å². The van der Waals surface area contributed by atoms with Gasteiger partial charge in [0.15, 0.2) is 0 Å². The number of rotatable bonds is 43. The first-order valence-corrected chi connectivity index (χ1v) is 31.0. The van der Waals surface area contributed by atoms with E-state index in [1.165, 1.54) is 19.2 Å². The van der Waals surface area contributed by atoms with Gasteiger partial charge < -0.3 is 85.6 Å². The number of aliphatic hydroxyl groups is 11. The number of nitrogens with zero attached hydrogens (tertiary/aromatic N) is 3. The second-order valence-electron chi connectivity index (χ2n) is 21.1. The Morgan fingerprint density at radius 2 is 0.873 bits per heavy atom. The Hall–Kier alpha value is -0.480. The fraction of sp³-hybridized carbons (Fsp3) is 1.00. The first-order chi connectivity index (χ1) is 37.1. The lowest BCUT2D eigenvalue weighted by molar-refractivity contribution is -0.170. The van der Waals surface area contributed by atoms with E-state index in [2.05, 4.69) is 86.0 Å². The van der Waals surface area contributed by atoms with Gasteiger partial charge in [-0.2, -0.15) is 4.94 Å². The molecule has 14 atom stereocenters. The van der Waals surface area contributed by atoms with Gasteiger partial charge in [0.1, 0.15) is 12.8 Å². The fourth-order valence-electron chi connectivity index (χ4n) is 6.60. The summed E-state index contributed by atoms with van der Waals surface area (Å²) in [4.78, 5) is 9.34. The van der Waals surface area contributed by atoms with Gasteiger partial charge in [-0.1, -0.05) is 63.3 Å². The van der Waals surface area contributed by atoms with Gasteiger partial charge in [0, 0.05) is 71.2 Å². The number of aliphatic hydroxyl groups excluding tert-OH is 11. The van der Waals surface area contributed by atoms with Gasteiger partial charge in [-0.25, -0.2) is 0 Å². The van der Waals surface area contributed by atoms with Crippen molar-refractivity contribution in [1.29, 1.82) is 0 Å². The molecule has 0 aromatic rings. The highest BCUT2D eigenvalue weighted by molar-refractivity contribution is 7.57. The lowest BCUT2D eigenvalue weighted by atomic mass is 10.0. The third-order valence-electron chi connectivity index (χ3n) is 12.0. The minimum Gasteiger partial charge on any atom is -0.400 e. The Morgan fingerprint density at radius 1 is 0.456 bits per heavy atom. The van der Waals surface area contributed by atoms with Gasteiger partial charge >= 0.3 is 0 Å². The van der Waals surface area contributed by atoms with Crippen molar-refractivity contribution >= 4 is 7.92 Å². The number of hydrogen-bond donors (Lipinski definition) is 12. The molecule has 0 aromatic carbocycles. The van der Waals surface area contributed by atoms with E-state index in [-0.39, 0.29) is 84.4 Å². The van der Waals surface area contributed by atoms with Crippen LogP contribution in [0.5, 0.6) is 0 Å². The van der Waals surface area contributed by atoms with Crippen molar-refractivity contribution in [2.24, 2.45) is 17.6 Å². The molecule has 0 rings (SSSR count). The van der Waals surface area contributed by atoms with E-state index in [0.717, 1.165) is 65.4 Å². The molecule has 13 N–H and O–H groups in total. The second-order valence-corrected chi connectivity index (χ2v) is 23.9. The molecule has 14 unspecified atom stereocenters. The van der Waals surface area contributed by atoms with E-state index < -0.39 is 50.0 Å². The number of hydrogen-bond acceptors (Lipinski definition) is 21. The monoisotopic (exact) mass is 1180 g/mol. The number of ether oxygens (including phenoxy) is 5. The summed E-state index contributed by atoms with van der Waals surface area (Å²) >= 11 is 0. The number of nitrogens with two attached hydrogens (primary N) is 1. The molecule has 0 saturated heterocycles. The lowest BCUT2D eigenvalue weighted by Crippen LogP contribution is -2.47. The Morgan fingerprint density at radius 3 is 1.23 bits per heavy atom. The van der Waals surface area contributed by atoms with Gasteiger partial charge in [0.25, 0.3) is 0 Å². The summed E-state index contributed by atoms with van der Waals surface area (Å²) in [7, 11) is 1.05. The average Bonchev–Trinajstić information content (AvgIpc) is 3.42. The zero-order valence-corrected chi connectivity index (χ0v) is 53.9. The summed E-state index contributed by atoms with van der Waals surface area (Å²) in [6.45, 7) is 38.5. The van der Waals surface area contributed by atoms with Crippen LogP contribution in [0.25, 0.3) is 0 Å².